The number of hydrogen-bond donors (Lipinski definition) is 1. The normalized spacial score (nSPS) is 32.0. The summed E-state index contributed by atoms with van der Waals surface area (Å²) in [4.78, 5) is 24.6. The molecule has 4 aliphatic rings. The molecule has 146 valence electrons. The highest BCUT2D eigenvalue weighted by Gasteiger charge is 2.51. The number of esters is 1. The number of carbonyl (C=O) groups excluding carboxylic acids is 2. The predicted octanol–water partition coefficient (Wildman–Crippen LogP) is 3.22. The first-order valence-electron chi connectivity index (χ1n) is 9.81. The van der Waals surface area contributed by atoms with Gasteiger partial charge in [-0.2, -0.15) is 0 Å². The molecule has 1 atom stereocenters. The molecular weight excluding hydrogens is 349 g/mol. The molecule has 4 saturated carbocycles. The average Bonchev–Trinajstić information content (AvgIpc) is 2.59. The van der Waals surface area contributed by atoms with Gasteiger partial charge in [0.15, 0.2) is 24.3 Å². The minimum atomic E-state index is -0.894. The molecule has 1 amide bonds. The zero-order valence-corrected chi connectivity index (χ0v) is 15.6. The molecule has 0 radical (unpaired) electrons. The van der Waals surface area contributed by atoms with Crippen molar-refractivity contribution < 1.29 is 23.5 Å². The number of nitrogens with one attached hydrogen (secondary N) is 1. The summed E-state index contributed by atoms with van der Waals surface area (Å²) < 4.78 is 23.8. The fourth-order valence-corrected chi connectivity index (χ4v) is 5.61. The molecular formula is C21H26FNO4. The van der Waals surface area contributed by atoms with Gasteiger partial charge >= 0.3 is 5.97 Å². The lowest BCUT2D eigenvalue weighted by atomic mass is 9.53. The van der Waals surface area contributed by atoms with Gasteiger partial charge in [-0.15, -0.1) is 0 Å². The van der Waals surface area contributed by atoms with Crippen molar-refractivity contribution in [2.75, 3.05) is 6.61 Å². The maximum Gasteiger partial charge on any atom is 0.344 e. The number of halogens is 1. The number of benzene rings is 1. The van der Waals surface area contributed by atoms with Crippen molar-refractivity contribution in [3.63, 3.8) is 0 Å². The summed E-state index contributed by atoms with van der Waals surface area (Å²) in [5, 5.41) is 3.20. The van der Waals surface area contributed by atoms with E-state index in [4.69, 9.17) is 9.47 Å². The Morgan fingerprint density at radius 1 is 1.15 bits per heavy atom. The standard InChI is InChI=1S/C21H26FNO4/c1-13(27-19(24)12-26-18-5-3-2-4-17(18)22)20(25)23-21-9-14-6-15(10-21)8-16(7-14)11-21/h2-5,13-16H,6-12H2,1H3,(H,23,25)/t13-,14?,15?,16?,21?/m0/s1. The van der Waals surface area contributed by atoms with Crippen molar-refractivity contribution in [1.82, 2.24) is 5.32 Å². The third kappa shape index (κ3) is 3.94. The van der Waals surface area contributed by atoms with Gasteiger partial charge < -0.3 is 14.8 Å². The van der Waals surface area contributed by atoms with E-state index in [0.717, 1.165) is 37.0 Å². The molecule has 0 unspecified atom stereocenters. The van der Waals surface area contributed by atoms with Crippen LogP contribution in [0.3, 0.4) is 0 Å². The van der Waals surface area contributed by atoms with Gasteiger partial charge in [-0.3, -0.25) is 4.79 Å². The summed E-state index contributed by atoms with van der Waals surface area (Å²) in [6.07, 6.45) is 6.13. The molecule has 5 nitrogen and oxygen atoms in total. The minimum absolute atomic E-state index is 0.0138. The molecule has 0 heterocycles. The molecule has 4 fully saturated rings. The molecule has 27 heavy (non-hydrogen) atoms. The summed E-state index contributed by atoms with van der Waals surface area (Å²) in [6, 6.07) is 5.84. The predicted molar refractivity (Wildman–Crippen MR) is 96.5 cm³/mol. The number of rotatable bonds is 6. The first-order valence-corrected chi connectivity index (χ1v) is 9.81. The van der Waals surface area contributed by atoms with E-state index in [1.54, 1.807) is 13.0 Å². The van der Waals surface area contributed by atoms with Crippen LogP contribution in [-0.2, 0) is 14.3 Å². The van der Waals surface area contributed by atoms with Gasteiger partial charge in [-0.1, -0.05) is 12.1 Å². The Hall–Kier alpha value is -2.11. The number of amides is 1. The topological polar surface area (TPSA) is 64.6 Å². The van der Waals surface area contributed by atoms with Gasteiger partial charge in [0.2, 0.25) is 0 Å². The quantitative estimate of drug-likeness (QED) is 0.776. The van der Waals surface area contributed by atoms with Crippen molar-refractivity contribution >= 4 is 11.9 Å². The summed E-state index contributed by atoms with van der Waals surface area (Å²) in [5.74, 6) is 0.677. The third-order valence-electron chi connectivity index (χ3n) is 6.29. The SMILES string of the molecule is C[C@H](OC(=O)COc1ccccc1F)C(=O)NC12CC3CC(CC(C3)C1)C2. The lowest BCUT2D eigenvalue weighted by Crippen LogP contribution is -2.61. The minimum Gasteiger partial charge on any atom is -0.479 e. The summed E-state index contributed by atoms with van der Waals surface area (Å²) in [7, 11) is 0. The second kappa shape index (κ2) is 7.13. The molecule has 4 aliphatic carbocycles. The van der Waals surface area contributed by atoms with Crippen molar-refractivity contribution in [3.8, 4) is 5.75 Å². The van der Waals surface area contributed by atoms with Crippen LogP contribution in [-0.4, -0.2) is 30.1 Å². The number of ether oxygens (including phenoxy) is 2. The van der Waals surface area contributed by atoms with E-state index in [-0.39, 0.29) is 17.2 Å². The van der Waals surface area contributed by atoms with Crippen LogP contribution in [0.25, 0.3) is 0 Å². The van der Waals surface area contributed by atoms with Crippen molar-refractivity contribution in [2.24, 2.45) is 17.8 Å². The molecule has 0 aliphatic heterocycles. The van der Waals surface area contributed by atoms with Gasteiger partial charge in [0.25, 0.3) is 5.91 Å². The highest BCUT2D eigenvalue weighted by molar-refractivity contribution is 5.84. The van der Waals surface area contributed by atoms with E-state index in [0.29, 0.717) is 0 Å². The monoisotopic (exact) mass is 375 g/mol. The van der Waals surface area contributed by atoms with E-state index < -0.39 is 24.5 Å². The van der Waals surface area contributed by atoms with Crippen LogP contribution >= 0.6 is 0 Å². The number of carbonyl (C=O) groups is 2. The van der Waals surface area contributed by atoms with Crippen molar-refractivity contribution in [2.45, 2.75) is 57.1 Å². The maximum absolute atomic E-state index is 13.5. The van der Waals surface area contributed by atoms with Crippen LogP contribution in [0.4, 0.5) is 4.39 Å². The fourth-order valence-electron chi connectivity index (χ4n) is 5.61. The van der Waals surface area contributed by atoms with Crippen LogP contribution in [0.15, 0.2) is 24.3 Å². The van der Waals surface area contributed by atoms with E-state index >= 15 is 0 Å². The second-order valence-corrected chi connectivity index (χ2v) is 8.54. The smallest absolute Gasteiger partial charge is 0.344 e. The van der Waals surface area contributed by atoms with Gasteiger partial charge in [-0.05, 0) is 75.3 Å². The fraction of sp³-hybridized carbons (Fsp3) is 0.619. The Morgan fingerprint density at radius 3 is 2.33 bits per heavy atom. The van der Waals surface area contributed by atoms with Crippen LogP contribution in [0, 0.1) is 23.6 Å². The first-order chi connectivity index (χ1) is 12.9. The van der Waals surface area contributed by atoms with E-state index in [1.165, 1.54) is 37.5 Å². The average molecular weight is 375 g/mol. The Kier molecular flexibility index (Phi) is 4.82. The Balaban J connectivity index is 1.28. The Bertz CT molecular complexity index is 699. The number of para-hydroxylation sites is 1. The van der Waals surface area contributed by atoms with E-state index in [9.17, 15) is 14.0 Å². The van der Waals surface area contributed by atoms with Crippen molar-refractivity contribution in [3.05, 3.63) is 30.1 Å². The molecule has 4 bridgehead atoms. The van der Waals surface area contributed by atoms with E-state index in [1.807, 2.05) is 0 Å². The molecule has 1 aromatic carbocycles. The highest BCUT2D eigenvalue weighted by atomic mass is 19.1. The van der Waals surface area contributed by atoms with Gasteiger partial charge in [0, 0.05) is 5.54 Å². The van der Waals surface area contributed by atoms with Crippen LogP contribution in [0.1, 0.15) is 45.4 Å². The van der Waals surface area contributed by atoms with Crippen molar-refractivity contribution in [1.29, 1.82) is 0 Å². The Labute approximate surface area is 158 Å². The molecule has 1 N–H and O–H groups in total. The molecule has 5 rings (SSSR count). The summed E-state index contributed by atoms with van der Waals surface area (Å²) in [6.45, 7) is 1.13. The zero-order valence-electron chi connectivity index (χ0n) is 15.6. The molecule has 6 heteroatoms. The van der Waals surface area contributed by atoms with Gasteiger partial charge in [-0.25, -0.2) is 9.18 Å². The molecule has 0 spiro atoms. The van der Waals surface area contributed by atoms with Crippen LogP contribution in [0.2, 0.25) is 0 Å². The summed E-state index contributed by atoms with van der Waals surface area (Å²) >= 11 is 0. The van der Waals surface area contributed by atoms with Crippen LogP contribution in [0.5, 0.6) is 5.75 Å². The molecule has 1 aromatic rings. The Morgan fingerprint density at radius 2 is 1.74 bits per heavy atom. The van der Waals surface area contributed by atoms with Crippen LogP contribution < -0.4 is 10.1 Å². The lowest BCUT2D eigenvalue weighted by molar-refractivity contribution is -0.158. The van der Waals surface area contributed by atoms with Gasteiger partial charge in [0.1, 0.15) is 0 Å². The van der Waals surface area contributed by atoms with E-state index in [2.05, 4.69) is 5.32 Å². The number of hydrogen-bond acceptors (Lipinski definition) is 4. The largest absolute Gasteiger partial charge is 0.479 e. The lowest BCUT2D eigenvalue weighted by Gasteiger charge is -2.57. The third-order valence-corrected chi connectivity index (χ3v) is 6.29. The highest BCUT2D eigenvalue weighted by Crippen LogP contribution is 2.55. The zero-order chi connectivity index (χ0) is 19.0. The molecule has 0 aromatic heterocycles. The maximum atomic E-state index is 13.5. The second-order valence-electron chi connectivity index (χ2n) is 8.54. The molecule has 0 saturated heterocycles. The first kappa shape index (κ1) is 18.3. The summed E-state index contributed by atoms with van der Waals surface area (Å²) in [5.41, 5.74) is -0.115. The van der Waals surface area contributed by atoms with Gasteiger partial charge in [0.05, 0.1) is 0 Å².